The molecule has 1 aromatic heterocycles. The zero-order chi connectivity index (χ0) is 12.1. The van der Waals surface area contributed by atoms with Crippen LogP contribution in [0.2, 0.25) is 0 Å². The van der Waals surface area contributed by atoms with Gasteiger partial charge in [-0.05, 0) is 39.2 Å². The number of ether oxygens (including phenoxy) is 1. The molecule has 2 rings (SSSR count). The monoisotopic (exact) mass is 237 g/mol. The van der Waals surface area contributed by atoms with Gasteiger partial charge in [0.2, 0.25) is 0 Å². The maximum Gasteiger partial charge on any atom is 0.0699 e. The summed E-state index contributed by atoms with van der Waals surface area (Å²) in [5.41, 5.74) is 2.36. The Labute approximate surface area is 103 Å². The summed E-state index contributed by atoms with van der Waals surface area (Å²) in [7, 11) is 0. The Morgan fingerprint density at radius 3 is 3.12 bits per heavy atom. The number of nitrogens with zero attached hydrogens (tertiary/aromatic N) is 2. The summed E-state index contributed by atoms with van der Waals surface area (Å²) in [6.07, 6.45) is 4.12. The van der Waals surface area contributed by atoms with E-state index in [1.54, 1.807) is 0 Å². The second kappa shape index (κ2) is 6.17. The van der Waals surface area contributed by atoms with Crippen molar-refractivity contribution in [1.29, 1.82) is 0 Å². The number of hydrogen-bond donors (Lipinski definition) is 1. The van der Waals surface area contributed by atoms with E-state index in [0.29, 0.717) is 6.10 Å². The Morgan fingerprint density at radius 1 is 1.53 bits per heavy atom. The molecular formula is C13H23N3O. The van der Waals surface area contributed by atoms with Crippen molar-refractivity contribution in [3.05, 3.63) is 17.5 Å². The summed E-state index contributed by atoms with van der Waals surface area (Å²) in [4.78, 5) is 0. The minimum Gasteiger partial charge on any atom is -0.377 e. The standard InChI is InChI=1S/C13H23N3O/c1-3-16-12(8-11(2)15-16)9-14-10-13-6-4-5-7-17-13/h8,13-14H,3-7,9-10H2,1-2H3. The molecule has 1 saturated heterocycles. The third kappa shape index (κ3) is 3.54. The summed E-state index contributed by atoms with van der Waals surface area (Å²) < 4.78 is 7.75. The van der Waals surface area contributed by atoms with Crippen LogP contribution in [0.1, 0.15) is 37.6 Å². The topological polar surface area (TPSA) is 39.1 Å². The molecule has 0 radical (unpaired) electrons. The predicted molar refractivity (Wildman–Crippen MR) is 67.9 cm³/mol. The molecule has 0 bridgehead atoms. The lowest BCUT2D eigenvalue weighted by Crippen LogP contribution is -2.31. The third-order valence-electron chi connectivity index (χ3n) is 3.24. The molecule has 0 saturated carbocycles. The first-order chi connectivity index (χ1) is 8.29. The molecule has 1 aliphatic rings. The second-order valence-electron chi connectivity index (χ2n) is 4.71. The van der Waals surface area contributed by atoms with Crippen molar-refractivity contribution in [2.24, 2.45) is 0 Å². The van der Waals surface area contributed by atoms with Crippen molar-refractivity contribution in [3.8, 4) is 0 Å². The maximum absolute atomic E-state index is 5.69. The lowest BCUT2D eigenvalue weighted by atomic mass is 10.1. The van der Waals surface area contributed by atoms with Gasteiger partial charge in [-0.2, -0.15) is 5.10 Å². The fourth-order valence-corrected chi connectivity index (χ4v) is 2.34. The maximum atomic E-state index is 5.69. The lowest BCUT2D eigenvalue weighted by molar-refractivity contribution is 0.0167. The highest BCUT2D eigenvalue weighted by Gasteiger charge is 2.13. The van der Waals surface area contributed by atoms with Gasteiger partial charge in [-0.3, -0.25) is 4.68 Å². The Kier molecular flexibility index (Phi) is 4.57. The number of nitrogens with one attached hydrogen (secondary N) is 1. The van der Waals surface area contributed by atoms with Crippen LogP contribution in [0.5, 0.6) is 0 Å². The molecule has 1 atom stereocenters. The normalized spacial score (nSPS) is 20.7. The largest absolute Gasteiger partial charge is 0.377 e. The van der Waals surface area contributed by atoms with E-state index in [4.69, 9.17) is 4.74 Å². The van der Waals surface area contributed by atoms with Crippen LogP contribution in [0.15, 0.2) is 6.07 Å². The average molecular weight is 237 g/mol. The van der Waals surface area contributed by atoms with Crippen molar-refractivity contribution >= 4 is 0 Å². The van der Waals surface area contributed by atoms with Gasteiger partial charge in [0.05, 0.1) is 17.5 Å². The quantitative estimate of drug-likeness (QED) is 0.849. The smallest absolute Gasteiger partial charge is 0.0699 e. The highest BCUT2D eigenvalue weighted by Crippen LogP contribution is 2.12. The van der Waals surface area contributed by atoms with Crippen molar-refractivity contribution in [2.45, 2.75) is 52.3 Å². The first-order valence-electron chi connectivity index (χ1n) is 6.65. The molecule has 96 valence electrons. The molecule has 0 aliphatic carbocycles. The van der Waals surface area contributed by atoms with E-state index in [1.165, 1.54) is 25.0 Å². The first kappa shape index (κ1) is 12.6. The summed E-state index contributed by atoms with van der Waals surface area (Å²) in [6, 6.07) is 2.15. The summed E-state index contributed by atoms with van der Waals surface area (Å²) in [5.74, 6) is 0. The van der Waals surface area contributed by atoms with Crippen LogP contribution in [0.3, 0.4) is 0 Å². The van der Waals surface area contributed by atoms with E-state index in [9.17, 15) is 0 Å². The van der Waals surface area contributed by atoms with E-state index in [-0.39, 0.29) is 0 Å². The Morgan fingerprint density at radius 2 is 2.41 bits per heavy atom. The van der Waals surface area contributed by atoms with Crippen LogP contribution in [-0.4, -0.2) is 29.0 Å². The minimum atomic E-state index is 0.405. The van der Waals surface area contributed by atoms with Gasteiger partial charge in [-0.1, -0.05) is 0 Å². The van der Waals surface area contributed by atoms with Crippen LogP contribution in [0, 0.1) is 6.92 Å². The van der Waals surface area contributed by atoms with Gasteiger partial charge in [-0.25, -0.2) is 0 Å². The zero-order valence-corrected chi connectivity index (χ0v) is 10.9. The average Bonchev–Trinajstić information content (AvgIpc) is 2.71. The van der Waals surface area contributed by atoms with Crippen LogP contribution in [0.25, 0.3) is 0 Å². The third-order valence-corrected chi connectivity index (χ3v) is 3.24. The van der Waals surface area contributed by atoms with Crippen molar-refractivity contribution in [2.75, 3.05) is 13.2 Å². The number of aryl methyl sites for hydroxylation is 2. The van der Waals surface area contributed by atoms with E-state index >= 15 is 0 Å². The molecule has 1 aliphatic heterocycles. The highest BCUT2D eigenvalue weighted by molar-refractivity contribution is 5.08. The molecule has 1 unspecified atom stereocenters. The molecule has 0 amide bonds. The molecule has 1 aromatic rings. The molecule has 4 nitrogen and oxygen atoms in total. The highest BCUT2D eigenvalue weighted by atomic mass is 16.5. The van der Waals surface area contributed by atoms with E-state index < -0.39 is 0 Å². The Balaban J connectivity index is 1.76. The minimum absolute atomic E-state index is 0.405. The van der Waals surface area contributed by atoms with Gasteiger partial charge in [0, 0.05) is 26.2 Å². The van der Waals surface area contributed by atoms with Gasteiger partial charge in [0.15, 0.2) is 0 Å². The molecule has 4 heteroatoms. The van der Waals surface area contributed by atoms with Crippen LogP contribution >= 0.6 is 0 Å². The summed E-state index contributed by atoms with van der Waals surface area (Å²) in [5, 5.41) is 7.91. The van der Waals surface area contributed by atoms with Crippen molar-refractivity contribution in [3.63, 3.8) is 0 Å². The fraction of sp³-hybridized carbons (Fsp3) is 0.769. The molecule has 0 aromatic carbocycles. The summed E-state index contributed by atoms with van der Waals surface area (Å²) in [6.45, 7) is 7.87. The molecule has 2 heterocycles. The van der Waals surface area contributed by atoms with Crippen LogP contribution < -0.4 is 5.32 Å². The lowest BCUT2D eigenvalue weighted by Gasteiger charge is -2.22. The number of aromatic nitrogens is 2. The summed E-state index contributed by atoms with van der Waals surface area (Å²) >= 11 is 0. The predicted octanol–water partition coefficient (Wildman–Crippen LogP) is 1.87. The van der Waals surface area contributed by atoms with Crippen LogP contribution in [-0.2, 0) is 17.8 Å². The van der Waals surface area contributed by atoms with Gasteiger partial charge in [0.1, 0.15) is 0 Å². The Bertz CT molecular complexity index is 342. The molecule has 17 heavy (non-hydrogen) atoms. The zero-order valence-electron chi connectivity index (χ0n) is 10.9. The van der Waals surface area contributed by atoms with Crippen molar-refractivity contribution in [1.82, 2.24) is 15.1 Å². The van der Waals surface area contributed by atoms with Crippen molar-refractivity contribution < 1.29 is 4.74 Å². The molecule has 1 fully saturated rings. The van der Waals surface area contributed by atoms with Gasteiger partial charge in [-0.15, -0.1) is 0 Å². The molecular weight excluding hydrogens is 214 g/mol. The Hall–Kier alpha value is -0.870. The first-order valence-corrected chi connectivity index (χ1v) is 6.65. The number of hydrogen-bond acceptors (Lipinski definition) is 3. The van der Waals surface area contributed by atoms with Gasteiger partial charge >= 0.3 is 0 Å². The SMILES string of the molecule is CCn1nc(C)cc1CNCC1CCCCO1. The molecule has 1 N–H and O–H groups in total. The van der Waals surface area contributed by atoms with E-state index in [2.05, 4.69) is 28.1 Å². The van der Waals surface area contributed by atoms with E-state index in [1.807, 2.05) is 6.92 Å². The molecule has 0 spiro atoms. The van der Waals surface area contributed by atoms with E-state index in [0.717, 1.165) is 31.9 Å². The number of rotatable bonds is 5. The van der Waals surface area contributed by atoms with Gasteiger partial charge < -0.3 is 10.1 Å². The van der Waals surface area contributed by atoms with Gasteiger partial charge in [0.25, 0.3) is 0 Å². The van der Waals surface area contributed by atoms with Crippen LogP contribution in [0.4, 0.5) is 0 Å². The second-order valence-corrected chi connectivity index (χ2v) is 4.71. The fourth-order valence-electron chi connectivity index (χ4n) is 2.34.